The molecule has 2 amide bonds. The van der Waals surface area contributed by atoms with Gasteiger partial charge in [-0.05, 0) is 127 Å². The van der Waals surface area contributed by atoms with Crippen molar-refractivity contribution in [1.29, 1.82) is 0 Å². The summed E-state index contributed by atoms with van der Waals surface area (Å²) in [7, 11) is 1.67. The van der Waals surface area contributed by atoms with E-state index in [0.29, 0.717) is 114 Å². The van der Waals surface area contributed by atoms with E-state index in [1.807, 2.05) is 27.9 Å². The first-order valence-corrected chi connectivity index (χ1v) is 24.1. The highest BCUT2D eigenvalue weighted by atomic mass is 19.1. The van der Waals surface area contributed by atoms with Crippen LogP contribution in [0.15, 0.2) is 58.7 Å². The number of methoxy groups -OCH3 is 1. The molecule has 0 radical (unpaired) electrons. The Hall–Kier alpha value is -5.87. The number of ether oxygens (including phenoxy) is 2. The number of hydrogen-bond donors (Lipinski definition) is 1. The monoisotopic (exact) mass is 910 g/mol. The lowest BCUT2D eigenvalue weighted by Gasteiger charge is -3.11. The van der Waals surface area contributed by atoms with Gasteiger partial charge in [0.15, 0.2) is 0 Å². The molecule has 2 aromatic carbocycles. The molecule has 348 valence electrons. The van der Waals surface area contributed by atoms with Crippen molar-refractivity contribution in [3.05, 3.63) is 98.7 Å². The standard InChI is InChI=1S/C44H46FN7O5.C7H9NO2/c1-22-17-28(18-23(2)39(22)45)52-40(49-11-12-51(42(49)55)44-36-33-37(44)35-38(44)34(36)43(33,35)50(24(3)53)13-16-56-4)29-21-48(10-7-31(29)47-52)41(54)32-20-27-19-26(5-6-30(27)46-32)25-8-14-57-15-9-25;1-4-2-5(4)6-3-7(9)10-8-6/h5-6,11-12,17-20,25,33-38,46H,7-10,13-16,21H2,1-4H3;4-5H,2-3H2,1H3/t;4-,5+/m.0/s1. The number of aromatic nitrogens is 5. The van der Waals surface area contributed by atoms with Crippen LogP contribution < -0.4 is 5.69 Å². The maximum Gasteiger partial charge on any atom is 0.340 e. The van der Waals surface area contributed by atoms with Crippen LogP contribution in [0.4, 0.5) is 4.39 Å². The predicted molar refractivity (Wildman–Crippen MR) is 242 cm³/mol. The number of aromatic amines is 1. The van der Waals surface area contributed by atoms with Gasteiger partial charge in [-0.3, -0.25) is 18.7 Å². The smallest absolute Gasteiger partial charge is 0.340 e. The maximum atomic E-state index is 15.0. The Bertz CT molecular complexity index is 2990. The van der Waals surface area contributed by atoms with Gasteiger partial charge in [-0.15, -0.1) is 0 Å². The molecule has 7 aliphatic carbocycles. The first-order valence-electron chi connectivity index (χ1n) is 24.1. The molecule has 10 aliphatic rings. The van der Waals surface area contributed by atoms with Gasteiger partial charge in [-0.1, -0.05) is 18.1 Å². The van der Waals surface area contributed by atoms with Crippen LogP contribution in [0.3, 0.4) is 0 Å². The highest BCUT2D eigenvalue weighted by Gasteiger charge is 3.12. The Morgan fingerprint density at radius 3 is 2.36 bits per heavy atom. The minimum Gasteiger partial charge on any atom is -0.383 e. The molecule has 7 saturated carbocycles. The molecule has 0 unspecified atom stereocenters. The number of aryl methyl sites for hydroxylation is 2. The molecule has 15 rings (SSSR count). The molecule has 16 heteroatoms. The lowest BCUT2D eigenvalue weighted by molar-refractivity contribution is -0.629. The third kappa shape index (κ3) is 5.28. The number of hydrogen-bond acceptors (Lipinski definition) is 9. The topological polar surface area (TPSA) is 158 Å². The first kappa shape index (κ1) is 41.3. The molecule has 67 heavy (non-hydrogen) atoms. The third-order valence-electron chi connectivity index (χ3n) is 18.0. The number of carbonyl (C=O) groups is 3. The van der Waals surface area contributed by atoms with E-state index in [0.717, 1.165) is 53.9 Å². The summed E-state index contributed by atoms with van der Waals surface area (Å²) in [4.78, 5) is 64.3. The van der Waals surface area contributed by atoms with E-state index in [1.165, 1.54) is 12.0 Å². The number of H-pyrrole nitrogens is 1. The van der Waals surface area contributed by atoms with E-state index in [4.69, 9.17) is 14.6 Å². The van der Waals surface area contributed by atoms with Crippen LogP contribution in [0.1, 0.15) is 83.9 Å². The number of nitrogens with zero attached hydrogens (tertiary/aromatic N) is 7. The summed E-state index contributed by atoms with van der Waals surface area (Å²) in [6, 6.07) is 11.9. The largest absolute Gasteiger partial charge is 0.383 e. The van der Waals surface area contributed by atoms with Crippen LogP contribution >= 0.6 is 0 Å². The number of carbonyl (C=O) groups excluding carboxylic acids is 3. The van der Waals surface area contributed by atoms with Crippen molar-refractivity contribution < 1.29 is 33.1 Å². The predicted octanol–water partition coefficient (Wildman–Crippen LogP) is 5.79. The van der Waals surface area contributed by atoms with Gasteiger partial charge in [0, 0.05) is 81.5 Å². The molecular weight excluding hydrogens is 856 g/mol. The van der Waals surface area contributed by atoms with Gasteiger partial charge in [-0.25, -0.2) is 18.7 Å². The zero-order chi connectivity index (χ0) is 46.0. The van der Waals surface area contributed by atoms with Crippen molar-refractivity contribution in [3.8, 4) is 11.5 Å². The second kappa shape index (κ2) is 14.3. The molecular formula is C51H55FN8O7. The van der Waals surface area contributed by atoms with Crippen molar-refractivity contribution in [3.63, 3.8) is 0 Å². The summed E-state index contributed by atoms with van der Waals surface area (Å²) < 4.78 is 31.4. The minimum absolute atomic E-state index is 0.0393. The number of nitrogens with one attached hydrogen (secondary N) is 1. The lowest BCUT2D eigenvalue weighted by atomic mass is 8.95. The zero-order valence-electron chi connectivity index (χ0n) is 38.5. The molecule has 3 aromatic heterocycles. The van der Waals surface area contributed by atoms with Gasteiger partial charge in [-0.2, -0.15) is 5.10 Å². The normalized spacial score (nSPS) is 32.1. The lowest BCUT2D eigenvalue weighted by Crippen LogP contribution is -3.17. The molecule has 8 fully saturated rings. The van der Waals surface area contributed by atoms with E-state index in [9.17, 15) is 23.6 Å². The van der Waals surface area contributed by atoms with Crippen LogP contribution in [0, 0.1) is 67.0 Å². The average Bonchev–Trinajstić information content (AvgIpc) is 3.75. The van der Waals surface area contributed by atoms with E-state index in [2.05, 4.69) is 45.0 Å². The van der Waals surface area contributed by atoms with Crippen LogP contribution in [0.25, 0.3) is 22.4 Å². The zero-order valence-corrected chi connectivity index (χ0v) is 38.5. The van der Waals surface area contributed by atoms with E-state index in [-0.39, 0.29) is 46.9 Å². The van der Waals surface area contributed by atoms with Crippen LogP contribution in [-0.2, 0) is 42.4 Å². The van der Waals surface area contributed by atoms with Gasteiger partial charge >= 0.3 is 11.7 Å². The Morgan fingerprint density at radius 2 is 1.72 bits per heavy atom. The number of imidazole rings is 1. The summed E-state index contributed by atoms with van der Waals surface area (Å²) in [5, 5.41) is 9.79. The number of halogens is 1. The molecule has 6 heterocycles. The molecule has 2 atom stereocenters. The fraction of sp³-hybridized carbons (Fsp3) is 0.529. The van der Waals surface area contributed by atoms with Crippen LogP contribution in [0.2, 0.25) is 0 Å². The van der Waals surface area contributed by atoms with Crippen molar-refractivity contribution >= 4 is 34.4 Å². The molecule has 5 aromatic rings. The number of oxime groups is 1. The van der Waals surface area contributed by atoms with Crippen LogP contribution in [-0.4, -0.2) is 103 Å². The third-order valence-corrected chi connectivity index (χ3v) is 18.0. The molecule has 1 saturated heterocycles. The number of rotatable bonds is 10. The number of benzene rings is 2. The molecule has 0 spiro atoms. The Balaban J connectivity index is 0.000000395. The maximum absolute atomic E-state index is 15.0. The van der Waals surface area contributed by atoms with E-state index >= 15 is 0 Å². The molecule has 15 nitrogen and oxygen atoms in total. The van der Waals surface area contributed by atoms with Crippen LogP contribution in [0.5, 0.6) is 0 Å². The summed E-state index contributed by atoms with van der Waals surface area (Å²) in [6.45, 7) is 10.7. The summed E-state index contributed by atoms with van der Waals surface area (Å²) in [6.07, 6.45) is 7.91. The number of amides is 2. The summed E-state index contributed by atoms with van der Waals surface area (Å²) in [5.74, 6) is 4.36. The second-order valence-corrected chi connectivity index (χ2v) is 20.9. The quantitative estimate of drug-likeness (QED) is 0.173. The Morgan fingerprint density at radius 1 is 1.00 bits per heavy atom. The van der Waals surface area contributed by atoms with Gasteiger partial charge in [0.25, 0.3) is 5.91 Å². The van der Waals surface area contributed by atoms with Gasteiger partial charge in [0.2, 0.25) is 5.91 Å². The van der Waals surface area contributed by atoms with Crippen molar-refractivity contribution in [1.82, 2.24) is 33.7 Å². The summed E-state index contributed by atoms with van der Waals surface area (Å²) >= 11 is 0. The van der Waals surface area contributed by atoms with E-state index in [1.54, 1.807) is 49.3 Å². The highest BCUT2D eigenvalue weighted by Crippen LogP contribution is 3.06. The highest BCUT2D eigenvalue weighted by molar-refractivity contribution is 6.04. The van der Waals surface area contributed by atoms with Crippen molar-refractivity contribution in [2.45, 2.75) is 83.3 Å². The average molecular weight is 911 g/mol. The van der Waals surface area contributed by atoms with E-state index < -0.39 is 0 Å². The Kier molecular flexibility index (Phi) is 8.84. The van der Waals surface area contributed by atoms with Crippen molar-refractivity contribution in [2.75, 3.05) is 40.0 Å². The Labute approximate surface area is 386 Å². The summed E-state index contributed by atoms with van der Waals surface area (Å²) in [5.41, 5.74) is 6.63. The fourth-order valence-corrected chi connectivity index (χ4v) is 15.1. The van der Waals surface area contributed by atoms with Gasteiger partial charge in [0.1, 0.15) is 17.3 Å². The molecule has 1 N–H and O–H groups in total. The van der Waals surface area contributed by atoms with Gasteiger partial charge in [0.05, 0.1) is 47.7 Å². The first-order chi connectivity index (χ1) is 32.4. The minimum atomic E-state index is -0.265. The SMILES string of the molecule is COCCN(C(C)=O)C12C3C4C1C1C2C3C41n1ccn(-c2c3c(nn2-c2cc(C)c(F)c(C)c2)CCN(C(=O)c2cc4cc(C5CCOCC5)ccc4[nH]2)C3)c1=O.C[C@H]1C[C@H]1C1=NOC(=O)C1. The number of fused-ring (bicyclic) bond motifs is 2. The van der Waals surface area contributed by atoms with Crippen molar-refractivity contribution in [2.24, 2.45) is 52.5 Å². The molecule has 0 bridgehead atoms. The fourth-order valence-electron chi connectivity index (χ4n) is 15.1. The second-order valence-electron chi connectivity index (χ2n) is 20.9. The molecule has 3 aliphatic heterocycles. The van der Waals surface area contributed by atoms with Gasteiger partial charge < -0.3 is 29.1 Å².